The topological polar surface area (TPSA) is 84.7 Å². The van der Waals surface area contributed by atoms with Crippen molar-refractivity contribution >= 4 is 12.0 Å². The molecule has 0 aliphatic carbocycles. The summed E-state index contributed by atoms with van der Waals surface area (Å²) < 4.78 is 4.47. The Hall–Kier alpha value is -1.30. The van der Waals surface area contributed by atoms with Gasteiger partial charge in [0.15, 0.2) is 0 Å². The van der Waals surface area contributed by atoms with Crippen molar-refractivity contribution in [2.24, 2.45) is 11.7 Å². The van der Waals surface area contributed by atoms with Gasteiger partial charge in [0.2, 0.25) is 5.91 Å². The Morgan fingerprint density at radius 2 is 1.81 bits per heavy atom. The van der Waals surface area contributed by atoms with E-state index in [1.165, 1.54) is 12.0 Å². The molecule has 6 heteroatoms. The fourth-order valence-corrected chi connectivity index (χ4v) is 1.12. The average Bonchev–Trinajstić information content (AvgIpc) is 2.22. The zero-order valence-corrected chi connectivity index (χ0v) is 10.5. The van der Waals surface area contributed by atoms with E-state index in [1.54, 1.807) is 14.0 Å². The van der Waals surface area contributed by atoms with Crippen molar-refractivity contribution in [2.75, 3.05) is 14.2 Å². The molecule has 0 rings (SSSR count). The minimum Gasteiger partial charge on any atom is -0.453 e. The maximum Gasteiger partial charge on any atom is 0.407 e. The minimum absolute atomic E-state index is 0.0344. The van der Waals surface area contributed by atoms with E-state index in [1.807, 2.05) is 13.8 Å². The summed E-state index contributed by atoms with van der Waals surface area (Å²) in [6, 6.07) is -0.622. The van der Waals surface area contributed by atoms with Crippen molar-refractivity contribution in [3.8, 4) is 0 Å². The van der Waals surface area contributed by atoms with E-state index in [-0.39, 0.29) is 11.8 Å². The molecule has 94 valence electrons. The highest BCUT2D eigenvalue weighted by Gasteiger charge is 2.28. The van der Waals surface area contributed by atoms with Gasteiger partial charge >= 0.3 is 6.09 Å². The summed E-state index contributed by atoms with van der Waals surface area (Å²) in [6.07, 6.45) is -1.02. The molecule has 2 amide bonds. The van der Waals surface area contributed by atoms with Crippen LogP contribution in [0.4, 0.5) is 4.79 Å². The van der Waals surface area contributed by atoms with E-state index in [9.17, 15) is 9.59 Å². The summed E-state index contributed by atoms with van der Waals surface area (Å²) in [4.78, 5) is 24.4. The van der Waals surface area contributed by atoms with Crippen LogP contribution in [0, 0.1) is 5.92 Å². The number of carbonyl (C=O) groups excluding carboxylic acids is 2. The molecule has 0 fully saturated rings. The number of carbonyl (C=O) groups is 2. The van der Waals surface area contributed by atoms with Gasteiger partial charge in [0.1, 0.15) is 6.04 Å². The molecule has 0 saturated carbocycles. The van der Waals surface area contributed by atoms with E-state index in [4.69, 9.17) is 5.73 Å². The number of nitrogens with zero attached hydrogens (tertiary/aromatic N) is 1. The molecule has 0 heterocycles. The first-order valence-corrected chi connectivity index (χ1v) is 5.18. The maximum absolute atomic E-state index is 12.0. The van der Waals surface area contributed by atoms with E-state index in [0.717, 1.165) is 0 Å². The molecule has 0 radical (unpaired) electrons. The first-order chi connectivity index (χ1) is 7.31. The third-order valence-corrected chi connectivity index (χ3v) is 2.35. The van der Waals surface area contributed by atoms with Gasteiger partial charge in [-0.25, -0.2) is 4.79 Å². The number of methoxy groups -OCH3 is 1. The standard InChI is InChI=1S/C10H21N3O3/c1-6(2)8(12-10(15)16-5)9(14)13(4)7(3)11/h6-8H,11H2,1-5H3,(H,12,15)/t7-,8-/m0/s1. The molecule has 0 aromatic carbocycles. The minimum atomic E-state index is -0.622. The molecule has 0 aliphatic rings. The predicted molar refractivity (Wildman–Crippen MR) is 60.6 cm³/mol. The van der Waals surface area contributed by atoms with Gasteiger partial charge in [-0.2, -0.15) is 0 Å². The van der Waals surface area contributed by atoms with Gasteiger partial charge in [-0.15, -0.1) is 0 Å². The van der Waals surface area contributed by atoms with Crippen LogP contribution in [0.2, 0.25) is 0 Å². The van der Waals surface area contributed by atoms with Crippen molar-refractivity contribution in [3.05, 3.63) is 0 Å². The predicted octanol–water partition coefficient (Wildman–Crippen LogP) is 0.130. The van der Waals surface area contributed by atoms with Gasteiger partial charge in [0, 0.05) is 7.05 Å². The number of hydrogen-bond acceptors (Lipinski definition) is 4. The third kappa shape index (κ3) is 4.06. The Labute approximate surface area is 96.1 Å². The molecule has 3 N–H and O–H groups in total. The van der Waals surface area contributed by atoms with Crippen LogP contribution in [0.1, 0.15) is 20.8 Å². The zero-order valence-electron chi connectivity index (χ0n) is 10.5. The van der Waals surface area contributed by atoms with Crippen LogP contribution in [0.15, 0.2) is 0 Å². The van der Waals surface area contributed by atoms with Crippen LogP contribution in [0.25, 0.3) is 0 Å². The molecule has 0 aliphatic heterocycles. The number of amides is 2. The molecule has 0 aromatic heterocycles. The largest absolute Gasteiger partial charge is 0.453 e. The molecule has 0 bridgehead atoms. The Kier molecular flexibility index (Phi) is 5.81. The SMILES string of the molecule is COC(=O)N[C@H](C(=O)N(C)[C@@H](C)N)C(C)C. The monoisotopic (exact) mass is 231 g/mol. The number of nitrogens with two attached hydrogens (primary N) is 1. The Morgan fingerprint density at radius 3 is 2.12 bits per heavy atom. The highest BCUT2D eigenvalue weighted by molar-refractivity contribution is 5.85. The summed E-state index contributed by atoms with van der Waals surface area (Å²) in [7, 11) is 2.85. The second kappa shape index (κ2) is 6.32. The summed E-state index contributed by atoms with van der Waals surface area (Å²) in [5.41, 5.74) is 5.60. The molecule has 6 nitrogen and oxygen atoms in total. The number of ether oxygens (including phenoxy) is 1. The van der Waals surface area contributed by atoms with Gasteiger partial charge < -0.3 is 20.7 Å². The molecule has 0 unspecified atom stereocenters. The highest BCUT2D eigenvalue weighted by atomic mass is 16.5. The zero-order chi connectivity index (χ0) is 12.9. The van der Waals surface area contributed by atoms with Crippen LogP contribution in [0.5, 0.6) is 0 Å². The fraction of sp³-hybridized carbons (Fsp3) is 0.800. The van der Waals surface area contributed by atoms with Crippen LogP contribution in [-0.2, 0) is 9.53 Å². The van der Waals surface area contributed by atoms with Gasteiger partial charge in [-0.05, 0) is 12.8 Å². The summed E-state index contributed by atoms with van der Waals surface area (Å²) in [6.45, 7) is 5.38. The van der Waals surface area contributed by atoms with E-state index in [2.05, 4.69) is 10.1 Å². The van der Waals surface area contributed by atoms with Crippen molar-refractivity contribution in [1.82, 2.24) is 10.2 Å². The lowest BCUT2D eigenvalue weighted by molar-refractivity contribution is -0.134. The van der Waals surface area contributed by atoms with Crippen molar-refractivity contribution in [1.29, 1.82) is 0 Å². The lowest BCUT2D eigenvalue weighted by Gasteiger charge is -2.28. The second-order valence-corrected chi connectivity index (χ2v) is 4.05. The van der Waals surface area contributed by atoms with Gasteiger partial charge in [-0.1, -0.05) is 13.8 Å². The van der Waals surface area contributed by atoms with E-state index in [0.29, 0.717) is 0 Å². The first-order valence-electron chi connectivity index (χ1n) is 5.18. The van der Waals surface area contributed by atoms with Crippen LogP contribution in [0.3, 0.4) is 0 Å². The molecule has 16 heavy (non-hydrogen) atoms. The maximum atomic E-state index is 12.0. The van der Waals surface area contributed by atoms with Crippen molar-refractivity contribution in [3.63, 3.8) is 0 Å². The normalized spacial score (nSPS) is 14.2. The highest BCUT2D eigenvalue weighted by Crippen LogP contribution is 2.06. The van der Waals surface area contributed by atoms with Crippen molar-refractivity contribution in [2.45, 2.75) is 33.0 Å². The molecule has 0 spiro atoms. The fourth-order valence-electron chi connectivity index (χ4n) is 1.12. The van der Waals surface area contributed by atoms with Crippen LogP contribution in [-0.4, -0.2) is 43.3 Å². The van der Waals surface area contributed by atoms with Gasteiger partial charge in [-0.3, -0.25) is 4.79 Å². The molecule has 2 atom stereocenters. The number of hydrogen-bond donors (Lipinski definition) is 2. The Bertz CT molecular complexity index is 254. The molecular weight excluding hydrogens is 210 g/mol. The number of likely N-dealkylation sites (N-methyl/N-ethyl adjacent to an activating group) is 1. The van der Waals surface area contributed by atoms with Gasteiger partial charge in [0.05, 0.1) is 13.3 Å². The molecule has 0 saturated heterocycles. The van der Waals surface area contributed by atoms with Crippen LogP contribution < -0.4 is 11.1 Å². The lowest BCUT2D eigenvalue weighted by Crippen LogP contribution is -2.53. The second-order valence-electron chi connectivity index (χ2n) is 4.05. The Balaban J connectivity index is 4.66. The molecular formula is C10H21N3O3. The van der Waals surface area contributed by atoms with Gasteiger partial charge in [0.25, 0.3) is 0 Å². The lowest BCUT2D eigenvalue weighted by atomic mass is 10.0. The quantitative estimate of drug-likeness (QED) is 0.673. The van der Waals surface area contributed by atoms with Crippen molar-refractivity contribution < 1.29 is 14.3 Å². The first kappa shape index (κ1) is 14.7. The van der Waals surface area contributed by atoms with E-state index < -0.39 is 18.3 Å². The van der Waals surface area contributed by atoms with E-state index >= 15 is 0 Å². The number of nitrogens with one attached hydrogen (secondary N) is 1. The molecule has 0 aromatic rings. The number of rotatable bonds is 4. The smallest absolute Gasteiger partial charge is 0.407 e. The summed E-state index contributed by atoms with van der Waals surface area (Å²) in [5.74, 6) is -0.261. The Morgan fingerprint density at radius 1 is 1.31 bits per heavy atom. The summed E-state index contributed by atoms with van der Waals surface area (Å²) in [5, 5.41) is 2.49. The van der Waals surface area contributed by atoms with Crippen LogP contribution >= 0.6 is 0 Å². The summed E-state index contributed by atoms with van der Waals surface area (Å²) >= 11 is 0. The average molecular weight is 231 g/mol. The number of alkyl carbamates (subject to hydrolysis) is 1. The third-order valence-electron chi connectivity index (χ3n) is 2.35.